The molecule has 0 saturated carbocycles. The van der Waals surface area contributed by atoms with E-state index in [1.54, 1.807) is 0 Å². The van der Waals surface area contributed by atoms with Crippen LogP contribution < -0.4 is 0 Å². The van der Waals surface area contributed by atoms with Crippen LogP contribution in [0.5, 0.6) is 0 Å². The van der Waals surface area contributed by atoms with Crippen LogP contribution in [-0.4, -0.2) is 98.5 Å². The first-order valence-electron chi connectivity index (χ1n) is 5.81. The highest BCUT2D eigenvalue weighted by Gasteiger charge is 2.44. The normalized spacial score (nSPS) is 39.0. The Hall–Kier alpha value is -0.360. The predicted molar refractivity (Wildman–Crippen MR) is 58.8 cm³/mol. The Bertz CT molecular complexity index is 261. The first kappa shape index (κ1) is 16.7. The van der Waals surface area contributed by atoms with Crippen molar-refractivity contribution < 1.29 is 45.2 Å². The standard InChI is InChI=1S/C10H20O9/c11-1-4(13)5(14)3-18-10-9(17)8(16)7(15)6(2-12)19-10/h4-17H,1-3H2/t4-,5+,6-,7-,8+,9-,10?/m1/s1. The van der Waals surface area contributed by atoms with E-state index in [0.29, 0.717) is 0 Å². The van der Waals surface area contributed by atoms with Crippen molar-refractivity contribution in [3.63, 3.8) is 0 Å². The van der Waals surface area contributed by atoms with Crippen molar-refractivity contribution >= 4 is 0 Å². The average molecular weight is 284 g/mol. The number of hydrogen-bond acceptors (Lipinski definition) is 9. The van der Waals surface area contributed by atoms with Gasteiger partial charge >= 0.3 is 0 Å². The van der Waals surface area contributed by atoms with Crippen LogP contribution >= 0.6 is 0 Å². The molecule has 19 heavy (non-hydrogen) atoms. The van der Waals surface area contributed by atoms with Crippen LogP contribution in [-0.2, 0) is 9.47 Å². The molecule has 1 heterocycles. The molecule has 9 heteroatoms. The second-order valence-electron chi connectivity index (χ2n) is 4.35. The van der Waals surface area contributed by atoms with Crippen LogP contribution in [0.3, 0.4) is 0 Å². The molecule has 0 radical (unpaired) electrons. The smallest absolute Gasteiger partial charge is 0.186 e. The third-order valence-corrected chi connectivity index (χ3v) is 2.91. The van der Waals surface area contributed by atoms with Crippen LogP contribution in [0.1, 0.15) is 0 Å². The van der Waals surface area contributed by atoms with Gasteiger partial charge in [0.25, 0.3) is 0 Å². The molecule has 1 unspecified atom stereocenters. The summed E-state index contributed by atoms with van der Waals surface area (Å²) in [4.78, 5) is 0. The molecule has 7 atom stereocenters. The van der Waals surface area contributed by atoms with Gasteiger partial charge in [0, 0.05) is 0 Å². The number of aliphatic hydroxyl groups excluding tert-OH is 7. The first-order valence-corrected chi connectivity index (χ1v) is 5.81. The van der Waals surface area contributed by atoms with Crippen LogP contribution in [0.2, 0.25) is 0 Å². The molecule has 1 fully saturated rings. The highest BCUT2D eigenvalue weighted by atomic mass is 16.7. The summed E-state index contributed by atoms with van der Waals surface area (Å²) in [6.45, 7) is -1.73. The van der Waals surface area contributed by atoms with E-state index in [0.717, 1.165) is 0 Å². The summed E-state index contributed by atoms with van der Waals surface area (Å²) in [7, 11) is 0. The average Bonchev–Trinajstić information content (AvgIpc) is 2.42. The minimum atomic E-state index is -1.57. The van der Waals surface area contributed by atoms with Crippen molar-refractivity contribution in [1.29, 1.82) is 0 Å². The largest absolute Gasteiger partial charge is 0.394 e. The second-order valence-corrected chi connectivity index (χ2v) is 4.35. The van der Waals surface area contributed by atoms with E-state index >= 15 is 0 Å². The zero-order chi connectivity index (χ0) is 14.6. The fourth-order valence-corrected chi connectivity index (χ4v) is 1.63. The Morgan fingerprint density at radius 3 is 2.11 bits per heavy atom. The number of ether oxygens (including phenoxy) is 2. The minimum absolute atomic E-state index is 0.468. The van der Waals surface area contributed by atoms with Gasteiger partial charge in [-0.1, -0.05) is 0 Å². The Labute approximate surface area is 109 Å². The van der Waals surface area contributed by atoms with Crippen molar-refractivity contribution in [1.82, 2.24) is 0 Å². The van der Waals surface area contributed by atoms with Crippen LogP contribution in [0, 0.1) is 0 Å². The van der Waals surface area contributed by atoms with Gasteiger partial charge in [-0.15, -0.1) is 0 Å². The molecule has 1 saturated heterocycles. The van der Waals surface area contributed by atoms with Gasteiger partial charge in [-0.25, -0.2) is 0 Å². The van der Waals surface area contributed by atoms with Gasteiger partial charge in [-0.2, -0.15) is 0 Å². The quantitative estimate of drug-likeness (QED) is 0.255. The van der Waals surface area contributed by atoms with Gasteiger partial charge in [0.1, 0.15) is 36.6 Å². The maximum atomic E-state index is 9.59. The highest BCUT2D eigenvalue weighted by Crippen LogP contribution is 2.22. The van der Waals surface area contributed by atoms with Crippen LogP contribution in [0.15, 0.2) is 0 Å². The monoisotopic (exact) mass is 284 g/mol. The molecule has 0 aliphatic carbocycles. The topological polar surface area (TPSA) is 160 Å². The fourth-order valence-electron chi connectivity index (χ4n) is 1.63. The SMILES string of the molecule is OC[C@@H](O)[C@@H](O)COC1O[C@H](CO)[C@@H](O)[C@H](O)[C@H]1O. The zero-order valence-corrected chi connectivity index (χ0v) is 10.1. The van der Waals surface area contributed by atoms with E-state index < -0.39 is 62.7 Å². The lowest BCUT2D eigenvalue weighted by molar-refractivity contribution is -0.306. The molecule has 0 amide bonds. The van der Waals surface area contributed by atoms with E-state index in [1.807, 2.05) is 0 Å². The predicted octanol–water partition coefficient (Wildman–Crippen LogP) is -4.48. The summed E-state index contributed by atoms with van der Waals surface area (Å²) in [6, 6.07) is 0. The number of hydrogen-bond donors (Lipinski definition) is 7. The van der Waals surface area contributed by atoms with Gasteiger partial charge in [-0.3, -0.25) is 0 Å². The summed E-state index contributed by atoms with van der Waals surface area (Å²) in [5.41, 5.74) is 0. The molecule has 0 aromatic carbocycles. The Balaban J connectivity index is 2.52. The van der Waals surface area contributed by atoms with E-state index in [2.05, 4.69) is 0 Å². The van der Waals surface area contributed by atoms with Crippen molar-refractivity contribution in [2.75, 3.05) is 19.8 Å². The molecule has 1 rings (SSSR count). The summed E-state index contributed by atoms with van der Waals surface area (Å²) in [6.07, 6.45) is -9.94. The lowest BCUT2D eigenvalue weighted by atomic mass is 9.99. The fraction of sp³-hybridized carbons (Fsp3) is 1.00. The van der Waals surface area contributed by atoms with Gasteiger partial charge in [-0.05, 0) is 0 Å². The van der Waals surface area contributed by atoms with Gasteiger partial charge < -0.3 is 45.2 Å². The molecule has 0 bridgehead atoms. The Kier molecular flexibility index (Phi) is 6.53. The third kappa shape index (κ3) is 4.05. The molecule has 0 aromatic heterocycles. The molecule has 0 spiro atoms. The lowest BCUT2D eigenvalue weighted by Crippen LogP contribution is -2.59. The summed E-state index contributed by atoms with van der Waals surface area (Å²) in [5.74, 6) is 0. The Morgan fingerprint density at radius 2 is 1.58 bits per heavy atom. The molecule has 7 N–H and O–H groups in total. The third-order valence-electron chi connectivity index (χ3n) is 2.91. The van der Waals surface area contributed by atoms with Crippen molar-refractivity contribution in [2.45, 2.75) is 42.9 Å². The van der Waals surface area contributed by atoms with E-state index in [9.17, 15) is 20.4 Å². The van der Waals surface area contributed by atoms with E-state index in [4.69, 9.17) is 24.8 Å². The Morgan fingerprint density at radius 1 is 0.947 bits per heavy atom. The van der Waals surface area contributed by atoms with Gasteiger partial charge in [0.15, 0.2) is 6.29 Å². The molecule has 1 aliphatic heterocycles. The van der Waals surface area contributed by atoms with Crippen LogP contribution in [0.25, 0.3) is 0 Å². The first-order chi connectivity index (χ1) is 8.92. The molecule has 9 nitrogen and oxygen atoms in total. The second kappa shape index (κ2) is 7.43. The van der Waals surface area contributed by atoms with Crippen molar-refractivity contribution in [3.8, 4) is 0 Å². The molecular weight excluding hydrogens is 264 g/mol. The molecule has 114 valence electrons. The van der Waals surface area contributed by atoms with Crippen molar-refractivity contribution in [2.24, 2.45) is 0 Å². The molecule has 0 aromatic rings. The summed E-state index contributed by atoms with van der Waals surface area (Å²) >= 11 is 0. The van der Waals surface area contributed by atoms with Gasteiger partial charge in [0.2, 0.25) is 0 Å². The summed E-state index contributed by atoms with van der Waals surface area (Å²) < 4.78 is 9.96. The number of rotatable bonds is 6. The van der Waals surface area contributed by atoms with E-state index in [1.165, 1.54) is 0 Å². The van der Waals surface area contributed by atoms with Crippen LogP contribution in [0.4, 0.5) is 0 Å². The molecule has 1 aliphatic rings. The summed E-state index contributed by atoms with van der Waals surface area (Å²) in [5, 5.41) is 64.5. The lowest BCUT2D eigenvalue weighted by Gasteiger charge is -2.39. The van der Waals surface area contributed by atoms with Gasteiger partial charge in [0.05, 0.1) is 19.8 Å². The minimum Gasteiger partial charge on any atom is -0.394 e. The van der Waals surface area contributed by atoms with E-state index in [-0.39, 0.29) is 0 Å². The molecular formula is C10H20O9. The maximum absolute atomic E-state index is 9.59. The van der Waals surface area contributed by atoms with Crippen molar-refractivity contribution in [3.05, 3.63) is 0 Å². The maximum Gasteiger partial charge on any atom is 0.186 e. The zero-order valence-electron chi connectivity index (χ0n) is 10.1. The number of aliphatic hydroxyl groups is 7. The highest BCUT2D eigenvalue weighted by molar-refractivity contribution is 4.89.